The number of carbonyl (C=O) groups excluding carboxylic acids is 1. The van der Waals surface area contributed by atoms with Crippen molar-refractivity contribution in [3.05, 3.63) is 52.3 Å². The second-order valence-corrected chi connectivity index (χ2v) is 6.39. The second kappa shape index (κ2) is 7.81. The fourth-order valence-corrected chi connectivity index (χ4v) is 2.80. The number of ether oxygens (including phenoxy) is 1. The van der Waals surface area contributed by atoms with Gasteiger partial charge in [-0.3, -0.25) is 10.1 Å². The van der Waals surface area contributed by atoms with Gasteiger partial charge in [0.05, 0.1) is 19.3 Å². The molecule has 0 saturated carbocycles. The van der Waals surface area contributed by atoms with Crippen molar-refractivity contribution in [2.75, 3.05) is 7.11 Å². The third-order valence-corrected chi connectivity index (χ3v) is 4.78. The largest absolute Gasteiger partial charge is 0.468 e. The van der Waals surface area contributed by atoms with E-state index in [0.29, 0.717) is 24.7 Å². The lowest BCUT2D eigenvalue weighted by Gasteiger charge is -2.26. The van der Waals surface area contributed by atoms with Gasteiger partial charge in [0.15, 0.2) is 0 Å². The van der Waals surface area contributed by atoms with Crippen LogP contribution in [0.4, 0.5) is 0 Å². The maximum absolute atomic E-state index is 12.0. The van der Waals surface area contributed by atoms with E-state index in [4.69, 9.17) is 16.3 Å². The van der Waals surface area contributed by atoms with Crippen molar-refractivity contribution in [3.8, 4) is 0 Å². The van der Waals surface area contributed by atoms with Crippen molar-refractivity contribution in [1.82, 2.24) is 15.1 Å². The summed E-state index contributed by atoms with van der Waals surface area (Å²) in [5.41, 5.74) is 2.14. The van der Waals surface area contributed by atoms with Gasteiger partial charge in [-0.1, -0.05) is 48.9 Å². The molecule has 130 valence electrons. The monoisotopic (exact) mass is 349 g/mol. The smallest absolute Gasteiger partial charge is 0.325 e. The Hall–Kier alpha value is -1.85. The molecule has 2 rings (SSSR count). The summed E-state index contributed by atoms with van der Waals surface area (Å²) >= 11 is 6.51. The summed E-state index contributed by atoms with van der Waals surface area (Å²) in [6.07, 6.45) is 0.620. The molecule has 1 aromatic carbocycles. The lowest BCUT2D eigenvalue weighted by Crippen LogP contribution is -2.49. The molecule has 0 spiro atoms. The number of methoxy groups -OCH3 is 1. The highest BCUT2D eigenvalue weighted by atomic mass is 35.5. The van der Waals surface area contributed by atoms with Crippen LogP contribution >= 0.6 is 11.6 Å². The highest BCUT2D eigenvalue weighted by Crippen LogP contribution is 2.22. The van der Waals surface area contributed by atoms with E-state index in [1.165, 1.54) is 7.11 Å². The summed E-state index contributed by atoms with van der Waals surface area (Å²) in [6.45, 7) is 6.76. The minimum absolute atomic E-state index is 0.282. The number of benzene rings is 1. The second-order valence-electron chi connectivity index (χ2n) is 6.03. The fraction of sp³-hybridized carbons (Fsp3) is 0.444. The average molecular weight is 350 g/mol. The fourth-order valence-electron chi connectivity index (χ4n) is 2.50. The Morgan fingerprint density at radius 3 is 2.62 bits per heavy atom. The molecular weight excluding hydrogens is 326 g/mol. The zero-order valence-corrected chi connectivity index (χ0v) is 15.4. The van der Waals surface area contributed by atoms with E-state index >= 15 is 0 Å². The molecule has 0 aliphatic carbocycles. The van der Waals surface area contributed by atoms with Gasteiger partial charge >= 0.3 is 5.97 Å². The number of aromatic nitrogens is 2. The molecule has 1 aromatic heterocycles. The van der Waals surface area contributed by atoms with E-state index < -0.39 is 5.54 Å². The van der Waals surface area contributed by atoms with Gasteiger partial charge < -0.3 is 4.74 Å². The maximum atomic E-state index is 12.0. The number of aryl methyl sites for hydroxylation is 1. The lowest BCUT2D eigenvalue weighted by molar-refractivity contribution is -0.148. The third-order valence-electron chi connectivity index (χ3n) is 4.36. The Kier molecular flexibility index (Phi) is 6.02. The highest BCUT2D eigenvalue weighted by Gasteiger charge is 2.32. The van der Waals surface area contributed by atoms with Crippen LogP contribution in [0.1, 0.15) is 37.1 Å². The van der Waals surface area contributed by atoms with Gasteiger partial charge in [-0.15, -0.1) is 0 Å². The number of nitrogens with zero attached hydrogens (tertiary/aromatic N) is 2. The normalized spacial score (nSPS) is 13.5. The van der Waals surface area contributed by atoms with Crippen LogP contribution in [0.5, 0.6) is 0 Å². The quantitative estimate of drug-likeness (QED) is 0.779. The van der Waals surface area contributed by atoms with Crippen molar-refractivity contribution >= 4 is 17.6 Å². The molecule has 0 radical (unpaired) electrons. The first-order valence-electron chi connectivity index (χ1n) is 8.00. The summed E-state index contributed by atoms with van der Waals surface area (Å²) in [5.74, 6) is -0.282. The average Bonchev–Trinajstić information content (AvgIpc) is 2.86. The van der Waals surface area contributed by atoms with Crippen molar-refractivity contribution in [2.24, 2.45) is 0 Å². The van der Waals surface area contributed by atoms with Crippen molar-refractivity contribution < 1.29 is 9.53 Å². The summed E-state index contributed by atoms with van der Waals surface area (Å²) in [7, 11) is 1.40. The van der Waals surface area contributed by atoms with Gasteiger partial charge in [0.2, 0.25) is 0 Å². The van der Waals surface area contributed by atoms with E-state index in [1.54, 1.807) is 4.68 Å². The number of rotatable bonds is 7. The molecular formula is C18H24ClN3O2. The molecule has 0 unspecified atom stereocenters. The van der Waals surface area contributed by atoms with E-state index in [0.717, 1.165) is 16.8 Å². The van der Waals surface area contributed by atoms with E-state index in [9.17, 15) is 4.79 Å². The van der Waals surface area contributed by atoms with E-state index in [-0.39, 0.29) is 5.97 Å². The van der Waals surface area contributed by atoms with Crippen LogP contribution in [0.15, 0.2) is 30.3 Å². The zero-order valence-electron chi connectivity index (χ0n) is 14.6. The Morgan fingerprint density at radius 2 is 2.04 bits per heavy atom. The van der Waals surface area contributed by atoms with Crippen LogP contribution in [0.2, 0.25) is 5.15 Å². The zero-order chi connectivity index (χ0) is 17.7. The molecule has 2 aromatic rings. The predicted molar refractivity (Wildman–Crippen MR) is 95.1 cm³/mol. The molecule has 0 bridgehead atoms. The molecule has 0 fully saturated rings. The SMILES string of the molecule is CC[C@@](C)(NCc1c(C)nn(Cc2ccccc2)c1Cl)C(=O)OC. The molecule has 5 nitrogen and oxygen atoms in total. The molecule has 0 amide bonds. The van der Waals surface area contributed by atoms with E-state index in [2.05, 4.69) is 10.4 Å². The van der Waals surface area contributed by atoms with Gasteiger partial charge in [-0.25, -0.2) is 4.68 Å². The standard InChI is InChI=1S/C18H24ClN3O2/c1-5-18(3,17(23)24-4)20-11-15-13(2)21-22(16(15)19)12-14-9-7-6-8-10-14/h6-10,20H,5,11-12H2,1-4H3/t18-/m1/s1. The maximum Gasteiger partial charge on any atom is 0.325 e. The third kappa shape index (κ3) is 3.97. The number of hydrogen-bond donors (Lipinski definition) is 1. The van der Waals surface area contributed by atoms with Crippen LogP contribution in [-0.4, -0.2) is 28.4 Å². The molecule has 0 aliphatic heterocycles. The summed E-state index contributed by atoms with van der Waals surface area (Å²) in [6, 6.07) is 10.0. The van der Waals surface area contributed by atoms with Gasteiger partial charge in [0.1, 0.15) is 10.7 Å². The summed E-state index contributed by atoms with van der Waals surface area (Å²) < 4.78 is 6.67. The molecule has 6 heteroatoms. The topological polar surface area (TPSA) is 56.2 Å². The number of carbonyl (C=O) groups is 1. The minimum Gasteiger partial charge on any atom is -0.468 e. The summed E-state index contributed by atoms with van der Waals surface area (Å²) in [4.78, 5) is 12.0. The van der Waals surface area contributed by atoms with Gasteiger partial charge in [0, 0.05) is 12.1 Å². The lowest BCUT2D eigenvalue weighted by atomic mass is 9.99. The van der Waals surface area contributed by atoms with Crippen LogP contribution in [0, 0.1) is 6.92 Å². The van der Waals surface area contributed by atoms with Crippen LogP contribution in [0.25, 0.3) is 0 Å². The van der Waals surface area contributed by atoms with Crippen molar-refractivity contribution in [1.29, 1.82) is 0 Å². The molecule has 1 atom stereocenters. The summed E-state index contributed by atoms with van der Waals surface area (Å²) in [5, 5.41) is 8.37. The molecule has 0 saturated heterocycles. The van der Waals surface area contributed by atoms with Gasteiger partial charge in [-0.05, 0) is 25.8 Å². The number of halogens is 1. The first-order valence-corrected chi connectivity index (χ1v) is 8.38. The van der Waals surface area contributed by atoms with E-state index in [1.807, 2.05) is 51.1 Å². The molecule has 1 heterocycles. The molecule has 0 aliphatic rings. The Labute approximate surface area is 148 Å². The van der Waals surface area contributed by atoms with Crippen molar-refractivity contribution in [2.45, 2.75) is 45.8 Å². The Bertz CT molecular complexity index is 700. The first kappa shape index (κ1) is 18.5. The van der Waals surface area contributed by atoms with Crippen molar-refractivity contribution in [3.63, 3.8) is 0 Å². The van der Waals surface area contributed by atoms with Gasteiger partial charge in [0.25, 0.3) is 0 Å². The predicted octanol–water partition coefficient (Wildman–Crippen LogP) is 3.32. The van der Waals surface area contributed by atoms with Gasteiger partial charge in [-0.2, -0.15) is 5.10 Å². The molecule has 1 N–H and O–H groups in total. The number of esters is 1. The minimum atomic E-state index is -0.744. The van der Waals surface area contributed by atoms with Crippen LogP contribution in [0.3, 0.4) is 0 Å². The highest BCUT2D eigenvalue weighted by molar-refractivity contribution is 6.30. The molecule has 24 heavy (non-hydrogen) atoms. The first-order chi connectivity index (χ1) is 11.4. The number of nitrogens with one attached hydrogen (secondary N) is 1. The van der Waals surface area contributed by atoms with Crippen LogP contribution < -0.4 is 5.32 Å². The van der Waals surface area contributed by atoms with Crippen LogP contribution in [-0.2, 0) is 22.6 Å². The Morgan fingerprint density at radius 1 is 1.38 bits per heavy atom. The number of hydrogen-bond acceptors (Lipinski definition) is 4. The Balaban J connectivity index is 2.16.